The van der Waals surface area contributed by atoms with Gasteiger partial charge in [-0.05, 0) is 28.0 Å². The van der Waals surface area contributed by atoms with Gasteiger partial charge in [0.25, 0.3) is 0 Å². The van der Waals surface area contributed by atoms with Crippen molar-refractivity contribution in [3.05, 3.63) is 58.3 Å². The van der Waals surface area contributed by atoms with E-state index in [-0.39, 0.29) is 5.92 Å². The van der Waals surface area contributed by atoms with E-state index >= 15 is 0 Å². The first-order chi connectivity index (χ1) is 6.92. The lowest BCUT2D eigenvalue weighted by Gasteiger charge is -2.06. The predicted molar refractivity (Wildman–Crippen MR) is 58.2 cm³/mol. The zero-order chi connectivity index (χ0) is 9.80. The van der Waals surface area contributed by atoms with Crippen LogP contribution in [0.1, 0.15) is 17.0 Å². The maximum absolute atomic E-state index is 9.11. The van der Waals surface area contributed by atoms with Gasteiger partial charge in [0.05, 0.1) is 12.0 Å². The van der Waals surface area contributed by atoms with Crippen molar-refractivity contribution in [3.63, 3.8) is 0 Å². The molecule has 1 unspecified atom stereocenters. The predicted octanol–water partition coefficient (Wildman–Crippen LogP) is 3.40. The van der Waals surface area contributed by atoms with E-state index in [0.29, 0.717) is 0 Å². The third kappa shape index (κ3) is 1.68. The number of benzene rings is 1. The normalized spacial score (nSPS) is 11.9. The van der Waals surface area contributed by atoms with Crippen LogP contribution in [-0.2, 0) is 0 Å². The monoisotopic (exact) mass is 199 g/mol. The molecule has 0 aliphatic heterocycles. The number of nitrogens with zero attached hydrogens (tertiary/aromatic N) is 1. The Morgan fingerprint density at radius 2 is 1.86 bits per heavy atom. The van der Waals surface area contributed by atoms with Gasteiger partial charge >= 0.3 is 0 Å². The van der Waals surface area contributed by atoms with Crippen LogP contribution in [-0.4, -0.2) is 0 Å². The van der Waals surface area contributed by atoms with Crippen molar-refractivity contribution in [1.82, 2.24) is 0 Å². The SMILES string of the molecule is N#CC(c1ccccc1)c1ccsc1. The van der Waals surface area contributed by atoms with Gasteiger partial charge < -0.3 is 0 Å². The molecule has 68 valence electrons. The van der Waals surface area contributed by atoms with Gasteiger partial charge in [-0.25, -0.2) is 0 Å². The lowest BCUT2D eigenvalue weighted by molar-refractivity contribution is 1.05. The number of thiophene rings is 1. The van der Waals surface area contributed by atoms with Gasteiger partial charge in [0.1, 0.15) is 0 Å². The molecule has 0 fully saturated rings. The van der Waals surface area contributed by atoms with Crippen molar-refractivity contribution in [2.45, 2.75) is 5.92 Å². The van der Waals surface area contributed by atoms with Crippen LogP contribution in [0.4, 0.5) is 0 Å². The first-order valence-electron chi connectivity index (χ1n) is 4.38. The summed E-state index contributed by atoms with van der Waals surface area (Å²) in [4.78, 5) is 0. The van der Waals surface area contributed by atoms with Gasteiger partial charge in [0.15, 0.2) is 0 Å². The van der Waals surface area contributed by atoms with E-state index in [2.05, 4.69) is 6.07 Å². The van der Waals surface area contributed by atoms with E-state index in [1.165, 1.54) is 0 Å². The average Bonchev–Trinajstić information content (AvgIpc) is 2.74. The highest BCUT2D eigenvalue weighted by Gasteiger charge is 2.12. The molecule has 1 nitrogen and oxygen atoms in total. The molecule has 1 atom stereocenters. The van der Waals surface area contributed by atoms with Gasteiger partial charge in [0, 0.05) is 0 Å². The van der Waals surface area contributed by atoms with Crippen LogP contribution >= 0.6 is 11.3 Å². The van der Waals surface area contributed by atoms with Crippen LogP contribution in [0.15, 0.2) is 47.2 Å². The second-order valence-electron chi connectivity index (χ2n) is 3.03. The van der Waals surface area contributed by atoms with Crippen LogP contribution in [0, 0.1) is 11.3 Å². The van der Waals surface area contributed by atoms with Crippen LogP contribution in [0.3, 0.4) is 0 Å². The maximum atomic E-state index is 9.11. The molecule has 1 aromatic carbocycles. The van der Waals surface area contributed by atoms with Gasteiger partial charge in [-0.3, -0.25) is 0 Å². The Labute approximate surface area is 87.3 Å². The summed E-state index contributed by atoms with van der Waals surface area (Å²) in [5.74, 6) is -0.123. The third-order valence-electron chi connectivity index (χ3n) is 2.14. The summed E-state index contributed by atoms with van der Waals surface area (Å²) < 4.78 is 0. The molecular weight excluding hydrogens is 190 g/mol. The molecule has 1 heterocycles. The van der Waals surface area contributed by atoms with Crippen molar-refractivity contribution in [2.24, 2.45) is 0 Å². The molecule has 0 saturated heterocycles. The minimum absolute atomic E-state index is 0.123. The van der Waals surface area contributed by atoms with E-state index in [1.54, 1.807) is 11.3 Å². The molecule has 2 aromatic rings. The van der Waals surface area contributed by atoms with Crippen molar-refractivity contribution in [1.29, 1.82) is 5.26 Å². The van der Waals surface area contributed by atoms with Crippen molar-refractivity contribution < 1.29 is 0 Å². The Hall–Kier alpha value is -1.59. The van der Waals surface area contributed by atoms with E-state index < -0.39 is 0 Å². The molecule has 1 aromatic heterocycles. The molecule has 0 aliphatic carbocycles. The summed E-state index contributed by atoms with van der Waals surface area (Å²) in [6, 6.07) is 14.2. The minimum atomic E-state index is -0.123. The summed E-state index contributed by atoms with van der Waals surface area (Å²) >= 11 is 1.63. The second-order valence-corrected chi connectivity index (χ2v) is 3.81. The summed E-state index contributed by atoms with van der Waals surface area (Å²) in [5.41, 5.74) is 2.15. The van der Waals surface area contributed by atoms with Gasteiger partial charge in [-0.2, -0.15) is 16.6 Å². The van der Waals surface area contributed by atoms with Crippen LogP contribution < -0.4 is 0 Å². The van der Waals surface area contributed by atoms with Crippen molar-refractivity contribution >= 4 is 11.3 Å². The third-order valence-corrected chi connectivity index (χ3v) is 2.84. The standard InChI is InChI=1S/C12H9NS/c13-8-12(11-6-7-14-9-11)10-4-2-1-3-5-10/h1-7,9,12H. The highest BCUT2D eigenvalue weighted by molar-refractivity contribution is 7.08. The maximum Gasteiger partial charge on any atom is 0.0970 e. The van der Waals surface area contributed by atoms with Crippen molar-refractivity contribution in [3.8, 4) is 6.07 Å². The summed E-state index contributed by atoms with van der Waals surface area (Å²) in [6.07, 6.45) is 0. The quantitative estimate of drug-likeness (QED) is 0.727. The second kappa shape index (κ2) is 4.08. The fourth-order valence-corrected chi connectivity index (χ4v) is 2.11. The first-order valence-corrected chi connectivity index (χ1v) is 5.33. The van der Waals surface area contributed by atoms with E-state index in [0.717, 1.165) is 11.1 Å². The Balaban J connectivity index is 2.38. The van der Waals surface area contributed by atoms with Crippen LogP contribution in [0.5, 0.6) is 0 Å². The molecule has 14 heavy (non-hydrogen) atoms. The zero-order valence-electron chi connectivity index (χ0n) is 7.55. The molecule has 0 bridgehead atoms. The molecule has 0 radical (unpaired) electrons. The lowest BCUT2D eigenvalue weighted by Crippen LogP contribution is -1.95. The highest BCUT2D eigenvalue weighted by atomic mass is 32.1. The van der Waals surface area contributed by atoms with E-state index in [4.69, 9.17) is 5.26 Å². The fraction of sp³-hybridized carbons (Fsp3) is 0.0833. The molecule has 2 rings (SSSR count). The zero-order valence-corrected chi connectivity index (χ0v) is 8.37. The fourth-order valence-electron chi connectivity index (χ4n) is 1.43. The Kier molecular flexibility index (Phi) is 2.62. The molecule has 2 heteroatoms. The topological polar surface area (TPSA) is 23.8 Å². The van der Waals surface area contributed by atoms with Crippen LogP contribution in [0.2, 0.25) is 0 Å². The molecule has 0 spiro atoms. The molecule has 0 aliphatic rings. The highest BCUT2D eigenvalue weighted by Crippen LogP contribution is 2.25. The minimum Gasteiger partial charge on any atom is -0.197 e. The van der Waals surface area contributed by atoms with E-state index in [9.17, 15) is 0 Å². The Bertz CT molecular complexity index is 425. The lowest BCUT2D eigenvalue weighted by atomic mass is 9.95. The van der Waals surface area contributed by atoms with Gasteiger partial charge in [-0.1, -0.05) is 30.3 Å². The smallest absolute Gasteiger partial charge is 0.0970 e. The Morgan fingerprint density at radius 3 is 2.43 bits per heavy atom. The summed E-state index contributed by atoms with van der Waals surface area (Å²) in [7, 11) is 0. The number of hydrogen-bond acceptors (Lipinski definition) is 2. The first kappa shape index (κ1) is 8.98. The largest absolute Gasteiger partial charge is 0.197 e. The van der Waals surface area contributed by atoms with Gasteiger partial charge in [0.2, 0.25) is 0 Å². The van der Waals surface area contributed by atoms with E-state index in [1.807, 2.05) is 47.2 Å². The van der Waals surface area contributed by atoms with Gasteiger partial charge in [-0.15, -0.1) is 0 Å². The number of nitriles is 1. The number of hydrogen-bond donors (Lipinski definition) is 0. The molecular formula is C12H9NS. The Morgan fingerprint density at radius 1 is 1.07 bits per heavy atom. The van der Waals surface area contributed by atoms with Crippen LogP contribution in [0.25, 0.3) is 0 Å². The number of rotatable bonds is 2. The summed E-state index contributed by atoms with van der Waals surface area (Å²) in [6.45, 7) is 0. The average molecular weight is 199 g/mol. The molecule has 0 amide bonds. The van der Waals surface area contributed by atoms with Crippen molar-refractivity contribution in [2.75, 3.05) is 0 Å². The molecule has 0 saturated carbocycles. The molecule has 0 N–H and O–H groups in total. The summed E-state index contributed by atoms with van der Waals surface area (Å²) in [5, 5.41) is 13.1.